The van der Waals surface area contributed by atoms with Crippen molar-refractivity contribution in [2.45, 2.75) is 84.3 Å². The summed E-state index contributed by atoms with van der Waals surface area (Å²) in [5.41, 5.74) is 1.50. The van der Waals surface area contributed by atoms with Crippen molar-refractivity contribution >= 4 is 11.9 Å². The lowest BCUT2D eigenvalue weighted by atomic mass is 9.47. The summed E-state index contributed by atoms with van der Waals surface area (Å²) in [6.45, 7) is 5.38. The highest BCUT2D eigenvalue weighted by atomic mass is 16.5. The van der Waals surface area contributed by atoms with Crippen LogP contribution in [0.1, 0.15) is 72.1 Å². The molecule has 0 aliphatic heterocycles. The predicted octanol–water partition coefficient (Wildman–Crippen LogP) is 4.95. The van der Waals surface area contributed by atoms with E-state index in [9.17, 15) is 9.59 Å². The van der Waals surface area contributed by atoms with Crippen molar-refractivity contribution < 1.29 is 23.8 Å². The summed E-state index contributed by atoms with van der Waals surface area (Å²) in [4.78, 5) is 23.2. The molecular weight excluding hydrogens is 380 g/mol. The van der Waals surface area contributed by atoms with Crippen LogP contribution in [0.5, 0.6) is 0 Å². The molecule has 0 aromatic heterocycles. The van der Waals surface area contributed by atoms with E-state index in [1.54, 1.807) is 7.11 Å². The van der Waals surface area contributed by atoms with Gasteiger partial charge in [0.1, 0.15) is 12.2 Å². The Bertz CT molecular complexity index is 755. The largest absolute Gasteiger partial charge is 0.505 e. The number of ether oxygens (including phenoxy) is 3. The first-order valence-corrected chi connectivity index (χ1v) is 11.5. The molecule has 0 aromatic rings. The molecule has 4 aliphatic rings. The van der Waals surface area contributed by atoms with Crippen LogP contribution < -0.4 is 0 Å². The Morgan fingerprint density at radius 1 is 1.03 bits per heavy atom. The number of hydrogen-bond acceptors (Lipinski definition) is 5. The van der Waals surface area contributed by atoms with Gasteiger partial charge in [0.05, 0.1) is 13.4 Å². The van der Waals surface area contributed by atoms with Crippen LogP contribution in [0.3, 0.4) is 0 Å². The zero-order valence-corrected chi connectivity index (χ0v) is 18.8. The highest BCUT2D eigenvalue weighted by molar-refractivity contribution is 5.66. The Labute approximate surface area is 180 Å². The van der Waals surface area contributed by atoms with Gasteiger partial charge >= 0.3 is 11.9 Å². The van der Waals surface area contributed by atoms with Gasteiger partial charge < -0.3 is 14.2 Å². The van der Waals surface area contributed by atoms with Gasteiger partial charge in [0, 0.05) is 31.1 Å². The first kappa shape index (κ1) is 21.5. The third-order valence-corrected chi connectivity index (χ3v) is 8.72. The quantitative estimate of drug-likeness (QED) is 0.368. The number of carbonyl (C=O) groups excluding carboxylic acids is 2. The second-order valence-electron chi connectivity index (χ2n) is 10.1. The van der Waals surface area contributed by atoms with Crippen molar-refractivity contribution in [1.29, 1.82) is 0 Å². The second-order valence-corrected chi connectivity index (χ2v) is 10.1. The number of esters is 2. The summed E-state index contributed by atoms with van der Waals surface area (Å²) in [7, 11) is 1.71. The maximum Gasteiger partial charge on any atom is 0.302 e. The second kappa shape index (κ2) is 8.05. The summed E-state index contributed by atoms with van der Waals surface area (Å²) in [6, 6.07) is 0. The van der Waals surface area contributed by atoms with E-state index < -0.39 is 0 Å². The molecule has 0 radical (unpaired) electrons. The Kier molecular flexibility index (Phi) is 5.75. The number of carbonyl (C=O) groups is 2. The third kappa shape index (κ3) is 3.48. The lowest BCUT2D eigenvalue weighted by Gasteiger charge is -2.57. The molecule has 4 rings (SSSR count). The van der Waals surface area contributed by atoms with E-state index in [1.165, 1.54) is 19.4 Å². The molecule has 0 bridgehead atoms. The summed E-state index contributed by atoms with van der Waals surface area (Å²) >= 11 is 0. The van der Waals surface area contributed by atoms with Crippen LogP contribution in [0.15, 0.2) is 24.0 Å². The van der Waals surface area contributed by atoms with Crippen molar-refractivity contribution in [3.05, 3.63) is 24.0 Å². The minimum Gasteiger partial charge on any atom is -0.505 e. The average molecular weight is 417 g/mol. The minimum atomic E-state index is -0.190. The Hall–Kier alpha value is -1.78. The van der Waals surface area contributed by atoms with Gasteiger partial charge in [-0.2, -0.15) is 0 Å². The van der Waals surface area contributed by atoms with Gasteiger partial charge in [0.25, 0.3) is 0 Å². The number of rotatable bonds is 4. The van der Waals surface area contributed by atoms with Gasteiger partial charge in [-0.15, -0.1) is 0 Å². The lowest BCUT2D eigenvalue weighted by Crippen LogP contribution is -2.52. The normalized spacial score (nSPS) is 42.5. The van der Waals surface area contributed by atoms with Gasteiger partial charge in [0.2, 0.25) is 0 Å². The SMILES string of the molecule is COC=C[C@]12CC[C@H](OC(C)=O)CC1=CCC1C2CC[C@@]2(C)C1CC[C@@H]2OC(C)=O. The van der Waals surface area contributed by atoms with E-state index in [2.05, 4.69) is 19.1 Å². The van der Waals surface area contributed by atoms with E-state index in [0.29, 0.717) is 17.8 Å². The smallest absolute Gasteiger partial charge is 0.302 e. The molecule has 0 amide bonds. The predicted molar refractivity (Wildman–Crippen MR) is 113 cm³/mol. The van der Waals surface area contributed by atoms with Crippen LogP contribution >= 0.6 is 0 Å². The highest BCUT2D eigenvalue weighted by Gasteiger charge is 2.60. The monoisotopic (exact) mass is 416 g/mol. The summed E-state index contributed by atoms with van der Waals surface area (Å²) in [5, 5.41) is 0. The van der Waals surface area contributed by atoms with E-state index >= 15 is 0 Å². The molecule has 0 N–H and O–H groups in total. The number of allylic oxidation sites excluding steroid dienone is 2. The van der Waals surface area contributed by atoms with Crippen LogP contribution in [0.25, 0.3) is 0 Å². The molecule has 166 valence electrons. The molecule has 3 unspecified atom stereocenters. The molecule has 4 aliphatic carbocycles. The first-order valence-electron chi connectivity index (χ1n) is 11.5. The van der Waals surface area contributed by atoms with Gasteiger partial charge in [0.15, 0.2) is 0 Å². The molecule has 0 aromatic carbocycles. The standard InChI is InChI=1S/C25H36O5/c1-16(26)29-19-9-12-25(13-14-28-4)18(15-19)5-6-20-21-7-8-23(30-17(2)27)24(21,3)11-10-22(20)25/h5,13-14,19-23H,6-12,15H2,1-4H3/t19-,20?,21?,22?,23-,24-,25+/m0/s1. The molecule has 5 heteroatoms. The zero-order valence-electron chi connectivity index (χ0n) is 18.8. The third-order valence-electron chi connectivity index (χ3n) is 8.72. The van der Waals surface area contributed by atoms with Crippen molar-refractivity contribution in [2.24, 2.45) is 28.6 Å². The van der Waals surface area contributed by atoms with E-state index in [1.807, 2.05) is 6.26 Å². The van der Waals surface area contributed by atoms with Crippen LogP contribution in [-0.2, 0) is 23.8 Å². The minimum absolute atomic E-state index is 0.00355. The van der Waals surface area contributed by atoms with E-state index in [0.717, 1.165) is 51.4 Å². The van der Waals surface area contributed by atoms with Crippen LogP contribution in [0.2, 0.25) is 0 Å². The fourth-order valence-electron chi connectivity index (χ4n) is 7.51. The van der Waals surface area contributed by atoms with E-state index in [-0.39, 0.29) is 35.0 Å². The van der Waals surface area contributed by atoms with Gasteiger partial charge in [-0.25, -0.2) is 0 Å². The van der Waals surface area contributed by atoms with Crippen molar-refractivity contribution in [1.82, 2.24) is 0 Å². The molecule has 3 fully saturated rings. The molecule has 0 heterocycles. The van der Waals surface area contributed by atoms with E-state index in [4.69, 9.17) is 14.2 Å². The van der Waals surface area contributed by atoms with Gasteiger partial charge in [-0.05, 0) is 68.8 Å². The number of fused-ring (bicyclic) bond motifs is 5. The zero-order chi connectivity index (χ0) is 21.5. The molecule has 7 atom stereocenters. The Morgan fingerprint density at radius 2 is 1.80 bits per heavy atom. The molecule has 5 nitrogen and oxygen atoms in total. The van der Waals surface area contributed by atoms with Crippen molar-refractivity contribution in [3.8, 4) is 0 Å². The topological polar surface area (TPSA) is 61.8 Å². The summed E-state index contributed by atoms with van der Waals surface area (Å²) < 4.78 is 16.7. The number of methoxy groups -OCH3 is 1. The summed E-state index contributed by atoms with van der Waals surface area (Å²) in [5.74, 6) is 1.40. The molecule has 30 heavy (non-hydrogen) atoms. The maximum atomic E-state index is 11.7. The average Bonchev–Trinajstić information content (AvgIpc) is 3.01. The molecule has 3 saturated carbocycles. The van der Waals surface area contributed by atoms with Gasteiger partial charge in [-0.3, -0.25) is 9.59 Å². The number of hydrogen-bond donors (Lipinski definition) is 0. The van der Waals surface area contributed by atoms with Gasteiger partial charge in [-0.1, -0.05) is 18.6 Å². The van der Waals surface area contributed by atoms with Crippen molar-refractivity contribution in [3.63, 3.8) is 0 Å². The highest BCUT2D eigenvalue weighted by Crippen LogP contribution is 2.65. The van der Waals surface area contributed by atoms with Crippen LogP contribution in [-0.4, -0.2) is 31.3 Å². The molecular formula is C25H36O5. The van der Waals surface area contributed by atoms with Crippen LogP contribution in [0.4, 0.5) is 0 Å². The maximum absolute atomic E-state index is 11.7. The fraction of sp³-hybridized carbons (Fsp3) is 0.760. The lowest BCUT2D eigenvalue weighted by molar-refractivity contribution is -0.156. The molecule has 0 saturated heterocycles. The van der Waals surface area contributed by atoms with Crippen LogP contribution in [0, 0.1) is 28.6 Å². The fourth-order valence-corrected chi connectivity index (χ4v) is 7.51. The Balaban J connectivity index is 1.63. The first-order chi connectivity index (χ1) is 14.3. The summed E-state index contributed by atoms with van der Waals surface area (Å²) in [6.07, 6.45) is 14.8. The van der Waals surface area contributed by atoms with Crippen molar-refractivity contribution in [2.75, 3.05) is 7.11 Å². The molecule has 0 spiro atoms. The Morgan fingerprint density at radius 3 is 2.50 bits per heavy atom.